The molecule has 0 spiro atoms. The fourth-order valence-corrected chi connectivity index (χ4v) is 3.58. The van der Waals surface area contributed by atoms with Gasteiger partial charge in [-0.15, -0.1) is 11.6 Å². The van der Waals surface area contributed by atoms with Crippen molar-refractivity contribution >= 4 is 46.2 Å². The first kappa shape index (κ1) is 26.1. The number of aliphatic hydroxyl groups is 1. The molecule has 3 N–H and O–H groups in total. The number of hydrazine groups is 1. The maximum Gasteiger partial charge on any atom is 0.432 e. The van der Waals surface area contributed by atoms with E-state index in [2.05, 4.69) is 16.0 Å². The summed E-state index contributed by atoms with van der Waals surface area (Å²) in [6, 6.07) is 4.58. The van der Waals surface area contributed by atoms with Crippen molar-refractivity contribution in [1.29, 1.82) is 0 Å². The first-order valence-corrected chi connectivity index (χ1v) is 10.7. The van der Waals surface area contributed by atoms with Crippen LogP contribution in [0.1, 0.15) is 39.7 Å². The monoisotopic (exact) mass is 501 g/mol. The second-order valence-corrected chi connectivity index (χ2v) is 9.56. The summed E-state index contributed by atoms with van der Waals surface area (Å²) in [6.45, 7) is 6.29. The van der Waals surface area contributed by atoms with Crippen molar-refractivity contribution in [2.45, 2.75) is 52.1 Å². The molecule has 31 heavy (non-hydrogen) atoms. The van der Waals surface area contributed by atoms with Crippen molar-refractivity contribution in [3.63, 3.8) is 0 Å². The Morgan fingerprint density at radius 2 is 1.94 bits per heavy atom. The van der Waals surface area contributed by atoms with E-state index in [0.717, 1.165) is 5.54 Å². The van der Waals surface area contributed by atoms with E-state index in [9.17, 15) is 18.3 Å². The van der Waals surface area contributed by atoms with Gasteiger partial charge in [-0.3, -0.25) is 0 Å². The van der Waals surface area contributed by atoms with Crippen molar-refractivity contribution in [1.82, 2.24) is 5.43 Å². The summed E-state index contributed by atoms with van der Waals surface area (Å²) in [5.74, 6) is 0.191. The van der Waals surface area contributed by atoms with Crippen molar-refractivity contribution in [3.8, 4) is 0 Å². The molecule has 0 fully saturated rings. The molecule has 5 nitrogen and oxygen atoms in total. The maximum atomic E-state index is 14.1. The molecule has 1 aliphatic heterocycles. The molecule has 11 heteroatoms. The Kier molecular flexibility index (Phi) is 7.86. The van der Waals surface area contributed by atoms with Gasteiger partial charge in [0.2, 0.25) is 5.60 Å². The molecule has 0 amide bonds. The second kappa shape index (κ2) is 9.35. The summed E-state index contributed by atoms with van der Waals surface area (Å²) in [5.41, 5.74) is 2.65. The zero-order valence-electron chi connectivity index (χ0n) is 17.4. The largest absolute Gasteiger partial charge is 0.432 e. The Labute approximate surface area is 194 Å². The van der Waals surface area contributed by atoms with Gasteiger partial charge in [-0.1, -0.05) is 68.2 Å². The van der Waals surface area contributed by atoms with Crippen LogP contribution in [-0.4, -0.2) is 34.7 Å². The average Bonchev–Trinajstić information content (AvgIpc) is 3.14. The van der Waals surface area contributed by atoms with Gasteiger partial charge in [0, 0.05) is 34.2 Å². The van der Waals surface area contributed by atoms with Gasteiger partial charge in [0.1, 0.15) is 6.23 Å². The highest BCUT2D eigenvalue weighted by Gasteiger charge is 2.68. The fraction of sp³-hybridized carbons (Fsp3) is 0.550. The zero-order valence-corrected chi connectivity index (χ0v) is 19.7. The molecule has 2 rings (SSSR count). The Morgan fingerprint density at radius 3 is 2.48 bits per heavy atom. The number of rotatable bonds is 8. The number of alkyl halides is 4. The summed E-state index contributed by atoms with van der Waals surface area (Å²) in [6.07, 6.45) is -5.00. The van der Waals surface area contributed by atoms with E-state index in [1.54, 1.807) is 19.9 Å². The Hall–Kier alpha value is -1.19. The summed E-state index contributed by atoms with van der Waals surface area (Å²) in [5, 5.41) is 14.3. The molecular formula is C20H25Cl3F3N3O2. The zero-order chi connectivity index (χ0) is 23.7. The van der Waals surface area contributed by atoms with Gasteiger partial charge in [0.25, 0.3) is 0 Å². The van der Waals surface area contributed by atoms with Crippen molar-refractivity contribution in [2.75, 3.05) is 11.3 Å². The third-order valence-corrected chi connectivity index (χ3v) is 6.58. The molecule has 174 valence electrons. The molecule has 1 aromatic rings. The van der Waals surface area contributed by atoms with Crippen LogP contribution in [-0.2, 0) is 4.84 Å². The minimum absolute atomic E-state index is 0.106. The minimum atomic E-state index is -4.70. The maximum absolute atomic E-state index is 14.1. The van der Waals surface area contributed by atoms with Crippen LogP contribution in [0.25, 0.3) is 0 Å². The number of halogens is 6. The van der Waals surface area contributed by atoms with E-state index in [-0.39, 0.29) is 11.6 Å². The lowest BCUT2D eigenvalue weighted by Gasteiger charge is -2.40. The summed E-state index contributed by atoms with van der Waals surface area (Å²) in [4.78, 5) is 5.05. The van der Waals surface area contributed by atoms with Crippen LogP contribution in [0.4, 0.5) is 18.9 Å². The molecule has 0 bridgehead atoms. The number of benzene rings is 1. The van der Waals surface area contributed by atoms with Gasteiger partial charge < -0.3 is 15.4 Å². The predicted octanol–water partition coefficient (Wildman–Crippen LogP) is 6.04. The topological polar surface area (TPSA) is 65.9 Å². The number of aliphatic hydroxyl groups excluding tert-OH is 1. The first-order valence-electron chi connectivity index (χ1n) is 9.36. The standard InChI is InChI=1S/C20H25Cl3F3N3O2/c1-17(2,11-22)16(30)28-27-14-9-12(5-6-13(14)23)15-10-19(31-29-15,20(24,25)26)18(3,4)7-8-21/h5-9,16,27-28,30H,10-11H2,1-4H3/b8-7+/t16-,19?/m1/s1. The second-order valence-electron chi connectivity index (χ2n) is 8.63. The van der Waals surface area contributed by atoms with E-state index in [1.165, 1.54) is 32.1 Å². The Morgan fingerprint density at radius 1 is 1.29 bits per heavy atom. The van der Waals surface area contributed by atoms with Crippen molar-refractivity contribution in [2.24, 2.45) is 16.0 Å². The average molecular weight is 503 g/mol. The summed E-state index contributed by atoms with van der Waals surface area (Å²) < 4.78 is 42.2. The third-order valence-electron chi connectivity index (χ3n) is 5.43. The van der Waals surface area contributed by atoms with Crippen LogP contribution >= 0.6 is 34.8 Å². The van der Waals surface area contributed by atoms with Gasteiger partial charge in [0.15, 0.2) is 0 Å². The molecule has 0 radical (unpaired) electrons. The molecule has 0 aliphatic carbocycles. The molecule has 0 saturated carbocycles. The lowest BCUT2D eigenvalue weighted by molar-refractivity contribution is -0.297. The number of hydrogen-bond acceptors (Lipinski definition) is 5. The van der Waals surface area contributed by atoms with E-state index in [1.807, 2.05) is 0 Å². The van der Waals surface area contributed by atoms with Gasteiger partial charge in [-0.25, -0.2) is 5.43 Å². The first-order chi connectivity index (χ1) is 14.2. The molecule has 1 aromatic carbocycles. The van der Waals surface area contributed by atoms with Gasteiger partial charge >= 0.3 is 6.18 Å². The summed E-state index contributed by atoms with van der Waals surface area (Å²) in [7, 11) is 0. The van der Waals surface area contributed by atoms with E-state index >= 15 is 0 Å². The van der Waals surface area contributed by atoms with Crippen LogP contribution < -0.4 is 10.9 Å². The third kappa shape index (κ3) is 5.25. The van der Waals surface area contributed by atoms with Crippen LogP contribution in [0.3, 0.4) is 0 Å². The minimum Gasteiger partial charge on any atom is -0.378 e. The molecule has 2 atom stereocenters. The number of hydrogen-bond donors (Lipinski definition) is 3. The quantitative estimate of drug-likeness (QED) is 0.230. The lowest BCUT2D eigenvalue weighted by Crippen LogP contribution is -2.55. The molecule has 1 aliphatic rings. The number of nitrogens with one attached hydrogen (secondary N) is 2. The number of anilines is 1. The molecule has 1 heterocycles. The Bertz CT molecular complexity index is 860. The lowest BCUT2D eigenvalue weighted by atomic mass is 9.71. The molecular weight excluding hydrogens is 478 g/mol. The van der Waals surface area contributed by atoms with Crippen LogP contribution in [0.15, 0.2) is 35.0 Å². The van der Waals surface area contributed by atoms with Crippen LogP contribution in [0.2, 0.25) is 5.02 Å². The normalized spacial score (nSPS) is 21.2. The highest BCUT2D eigenvalue weighted by atomic mass is 35.5. The summed E-state index contributed by atoms with van der Waals surface area (Å²) >= 11 is 17.6. The SMILES string of the molecule is CC(C)(CCl)[C@@H](O)NNc1cc(C2=NOC(C(F)(F)F)(C(C)(C)/C=C/Cl)C2)ccc1Cl. The van der Waals surface area contributed by atoms with Crippen molar-refractivity contribution < 1.29 is 23.1 Å². The van der Waals surface area contributed by atoms with Gasteiger partial charge in [-0.05, 0) is 12.1 Å². The fourth-order valence-electron chi connectivity index (χ4n) is 2.96. The van der Waals surface area contributed by atoms with Crippen LogP contribution in [0.5, 0.6) is 0 Å². The van der Waals surface area contributed by atoms with E-state index in [4.69, 9.17) is 39.6 Å². The van der Waals surface area contributed by atoms with Gasteiger partial charge in [-0.2, -0.15) is 13.2 Å². The predicted molar refractivity (Wildman–Crippen MR) is 119 cm³/mol. The van der Waals surface area contributed by atoms with E-state index in [0.29, 0.717) is 16.3 Å². The smallest absolute Gasteiger partial charge is 0.378 e. The molecule has 1 unspecified atom stereocenters. The Balaban J connectivity index is 2.29. The molecule has 0 saturated heterocycles. The van der Waals surface area contributed by atoms with E-state index < -0.39 is 35.3 Å². The highest BCUT2D eigenvalue weighted by molar-refractivity contribution is 6.33. The van der Waals surface area contributed by atoms with Crippen LogP contribution in [0, 0.1) is 10.8 Å². The highest BCUT2D eigenvalue weighted by Crippen LogP contribution is 2.52. The molecule has 0 aromatic heterocycles. The number of oxime groups is 1. The van der Waals surface area contributed by atoms with Gasteiger partial charge in [0.05, 0.1) is 16.4 Å². The number of nitrogens with zero attached hydrogens (tertiary/aromatic N) is 1. The van der Waals surface area contributed by atoms with Crippen molar-refractivity contribution in [3.05, 3.63) is 40.4 Å².